The van der Waals surface area contributed by atoms with Crippen LogP contribution in [0, 0.1) is 6.92 Å². The Morgan fingerprint density at radius 1 is 1.29 bits per heavy atom. The molecule has 0 radical (unpaired) electrons. The van der Waals surface area contributed by atoms with Crippen molar-refractivity contribution in [1.29, 1.82) is 0 Å². The summed E-state index contributed by atoms with van der Waals surface area (Å²) in [5, 5.41) is 0. The number of aryl methyl sites for hydroxylation is 1. The van der Waals surface area contributed by atoms with E-state index in [1.807, 2.05) is 6.92 Å². The van der Waals surface area contributed by atoms with Crippen LogP contribution in [-0.4, -0.2) is 19.5 Å². The van der Waals surface area contributed by atoms with Gasteiger partial charge in [0.25, 0.3) is 4.84 Å². The quantitative estimate of drug-likeness (QED) is 0.805. The van der Waals surface area contributed by atoms with Crippen LogP contribution in [0.3, 0.4) is 0 Å². The third-order valence-electron chi connectivity index (χ3n) is 1.78. The van der Waals surface area contributed by atoms with E-state index in [9.17, 15) is 12.8 Å². The number of sulfone groups is 1. The Balaban J connectivity index is 3.11. The molecule has 1 aromatic rings. The minimum absolute atomic E-state index is 0.0324. The minimum Gasteiger partial charge on any atom is -0.220 e. The second-order valence-corrected chi connectivity index (χ2v) is 6.03. The highest BCUT2D eigenvalue weighted by molar-refractivity contribution is 8.12. The van der Waals surface area contributed by atoms with Gasteiger partial charge in [-0.05, 0) is 25.3 Å². The minimum atomic E-state index is -3.81. The highest BCUT2D eigenvalue weighted by atomic mass is 32.3. The molecular formula is C9H11FO2S2. The van der Waals surface area contributed by atoms with E-state index < -0.39 is 14.7 Å². The summed E-state index contributed by atoms with van der Waals surface area (Å²) < 4.78 is 36.0. The first-order valence-electron chi connectivity index (χ1n) is 3.96. The number of hydrogen-bond donors (Lipinski definition) is 0. The van der Waals surface area contributed by atoms with E-state index >= 15 is 0 Å². The Kier molecular flexibility index (Phi) is 3.55. The van der Waals surface area contributed by atoms with Crippen molar-refractivity contribution in [2.75, 3.05) is 6.26 Å². The first-order valence-corrected chi connectivity index (χ1v) is 6.79. The van der Waals surface area contributed by atoms with Crippen LogP contribution in [0.5, 0.6) is 0 Å². The molecule has 14 heavy (non-hydrogen) atoms. The molecule has 0 saturated carbocycles. The molecule has 0 aliphatic carbocycles. The van der Waals surface area contributed by atoms with Crippen molar-refractivity contribution < 1.29 is 12.8 Å². The van der Waals surface area contributed by atoms with Gasteiger partial charge in [-0.15, -0.1) is 11.8 Å². The van der Waals surface area contributed by atoms with Crippen molar-refractivity contribution in [3.63, 3.8) is 0 Å². The molecule has 0 spiro atoms. The molecule has 2 nitrogen and oxygen atoms in total. The fourth-order valence-corrected chi connectivity index (χ4v) is 3.04. The summed E-state index contributed by atoms with van der Waals surface area (Å²) in [5.41, 5.74) is 0.948. The zero-order chi connectivity index (χ0) is 10.8. The molecule has 0 aromatic heterocycles. The monoisotopic (exact) mass is 234 g/mol. The summed E-state index contributed by atoms with van der Waals surface area (Å²) in [6.45, 7) is 1.85. The van der Waals surface area contributed by atoms with Crippen LogP contribution in [0.4, 0.5) is 4.39 Å². The van der Waals surface area contributed by atoms with Crippen molar-refractivity contribution in [2.45, 2.75) is 16.7 Å². The topological polar surface area (TPSA) is 34.1 Å². The second kappa shape index (κ2) is 4.31. The Morgan fingerprint density at radius 2 is 1.79 bits per heavy atom. The van der Waals surface area contributed by atoms with Gasteiger partial charge >= 0.3 is 0 Å². The number of rotatable bonds is 3. The molecule has 0 heterocycles. The second-order valence-electron chi connectivity index (χ2n) is 2.87. The Morgan fingerprint density at radius 3 is 2.21 bits per heavy atom. The molecule has 78 valence electrons. The van der Waals surface area contributed by atoms with E-state index in [0.717, 1.165) is 5.56 Å². The lowest BCUT2D eigenvalue weighted by atomic mass is 10.2. The van der Waals surface area contributed by atoms with Gasteiger partial charge < -0.3 is 0 Å². The number of hydrogen-bond acceptors (Lipinski definition) is 3. The lowest BCUT2D eigenvalue weighted by molar-refractivity contribution is 0.510. The molecular weight excluding hydrogens is 223 g/mol. The van der Waals surface area contributed by atoms with Gasteiger partial charge in [-0.3, -0.25) is 0 Å². The molecule has 1 aromatic carbocycles. The molecule has 0 saturated heterocycles. The van der Waals surface area contributed by atoms with Crippen molar-refractivity contribution in [3.8, 4) is 0 Å². The van der Waals surface area contributed by atoms with Crippen LogP contribution in [0.2, 0.25) is 0 Å². The summed E-state index contributed by atoms with van der Waals surface area (Å²) >= 11 is 0.676. The van der Waals surface area contributed by atoms with Gasteiger partial charge in [0, 0.05) is 0 Å². The van der Waals surface area contributed by atoms with E-state index in [1.54, 1.807) is 12.1 Å². The van der Waals surface area contributed by atoms with Gasteiger partial charge in [-0.25, -0.2) is 12.8 Å². The van der Waals surface area contributed by atoms with Crippen molar-refractivity contribution >= 4 is 21.6 Å². The maximum absolute atomic E-state index is 13.1. The molecule has 1 atom stereocenters. The maximum atomic E-state index is 13.1. The Labute approximate surface area is 87.4 Å². The number of benzene rings is 1. The number of halogens is 1. The number of alkyl halides is 1. The van der Waals surface area contributed by atoms with Crippen LogP contribution in [0.1, 0.15) is 5.56 Å². The first kappa shape index (κ1) is 11.5. The van der Waals surface area contributed by atoms with Gasteiger partial charge in [0.2, 0.25) is 9.84 Å². The molecule has 0 amide bonds. The summed E-state index contributed by atoms with van der Waals surface area (Å²) in [5.74, 6) is 0. The molecule has 0 bridgehead atoms. The molecule has 1 rings (SSSR count). The highest BCUT2D eigenvalue weighted by Crippen LogP contribution is 2.23. The van der Waals surface area contributed by atoms with Gasteiger partial charge in [-0.1, -0.05) is 17.7 Å². The van der Waals surface area contributed by atoms with Gasteiger partial charge in [0.15, 0.2) is 0 Å². The summed E-state index contributed by atoms with van der Waals surface area (Å²) in [6.07, 6.45) is 1.43. The van der Waals surface area contributed by atoms with Gasteiger partial charge in [-0.2, -0.15) is 0 Å². The molecule has 0 aliphatic rings. The van der Waals surface area contributed by atoms with Crippen LogP contribution >= 0.6 is 11.8 Å². The predicted molar refractivity (Wildman–Crippen MR) is 56.8 cm³/mol. The van der Waals surface area contributed by atoms with E-state index in [2.05, 4.69) is 0 Å². The fourth-order valence-electron chi connectivity index (χ4n) is 0.962. The fraction of sp³-hybridized carbons (Fsp3) is 0.333. The van der Waals surface area contributed by atoms with Crippen LogP contribution in [-0.2, 0) is 9.84 Å². The lowest BCUT2D eigenvalue weighted by Crippen LogP contribution is -2.12. The summed E-state index contributed by atoms with van der Waals surface area (Å²) in [7, 11) is -3.81. The summed E-state index contributed by atoms with van der Waals surface area (Å²) in [4.78, 5) is -1.85. The SMILES string of the molecule is CSC(F)S(=O)(=O)c1ccc(C)cc1. The number of thioether (sulfide) groups is 1. The predicted octanol–water partition coefficient (Wildman–Crippen LogP) is 2.38. The molecule has 5 heteroatoms. The highest BCUT2D eigenvalue weighted by Gasteiger charge is 2.25. The largest absolute Gasteiger partial charge is 0.250 e. The summed E-state index contributed by atoms with van der Waals surface area (Å²) in [6, 6.07) is 6.15. The maximum Gasteiger partial charge on any atom is 0.250 e. The first-order chi connectivity index (χ1) is 6.48. The average molecular weight is 234 g/mol. The third-order valence-corrected chi connectivity index (χ3v) is 4.90. The third kappa shape index (κ3) is 2.27. The Hall–Kier alpha value is -0.550. The van der Waals surface area contributed by atoms with Crippen molar-refractivity contribution in [3.05, 3.63) is 29.8 Å². The Bertz CT molecular complexity index is 397. The average Bonchev–Trinajstić information content (AvgIpc) is 2.17. The molecule has 0 N–H and O–H groups in total. The lowest BCUT2D eigenvalue weighted by Gasteiger charge is -2.06. The zero-order valence-corrected chi connectivity index (χ0v) is 9.53. The van der Waals surface area contributed by atoms with E-state index in [-0.39, 0.29) is 4.90 Å². The van der Waals surface area contributed by atoms with E-state index in [1.165, 1.54) is 18.4 Å². The van der Waals surface area contributed by atoms with Crippen molar-refractivity contribution in [1.82, 2.24) is 0 Å². The smallest absolute Gasteiger partial charge is 0.220 e. The standard InChI is InChI=1S/C9H11FO2S2/c1-7-3-5-8(6-4-7)14(11,12)9(10)13-2/h3-6,9H,1-2H3. The normalized spacial score (nSPS) is 13.9. The molecule has 0 aliphatic heterocycles. The van der Waals surface area contributed by atoms with Crippen LogP contribution < -0.4 is 0 Å². The van der Waals surface area contributed by atoms with Crippen molar-refractivity contribution in [2.24, 2.45) is 0 Å². The molecule has 1 unspecified atom stereocenters. The van der Waals surface area contributed by atoms with E-state index in [4.69, 9.17) is 0 Å². The van der Waals surface area contributed by atoms with Gasteiger partial charge in [0.1, 0.15) is 0 Å². The molecule has 0 fully saturated rings. The van der Waals surface area contributed by atoms with Gasteiger partial charge in [0.05, 0.1) is 4.90 Å². The van der Waals surface area contributed by atoms with Crippen LogP contribution in [0.25, 0.3) is 0 Å². The van der Waals surface area contributed by atoms with E-state index in [0.29, 0.717) is 11.8 Å². The zero-order valence-electron chi connectivity index (χ0n) is 7.90. The van der Waals surface area contributed by atoms with Crippen LogP contribution in [0.15, 0.2) is 29.2 Å².